The lowest BCUT2D eigenvalue weighted by Gasteiger charge is -2.10. The van der Waals surface area contributed by atoms with Crippen LogP contribution >= 0.6 is 0 Å². The minimum atomic E-state index is -0.510. The van der Waals surface area contributed by atoms with Crippen LogP contribution in [-0.4, -0.2) is 21.2 Å². The maximum Gasteiger partial charge on any atom is 0.322 e. The lowest BCUT2D eigenvalue weighted by molar-refractivity contribution is 0.102. The molecule has 4 aromatic rings. The van der Waals surface area contributed by atoms with Crippen LogP contribution in [0.5, 0.6) is 5.75 Å². The van der Waals surface area contributed by atoms with Crippen molar-refractivity contribution in [3.63, 3.8) is 0 Å². The van der Waals surface area contributed by atoms with Crippen LogP contribution < -0.4 is 5.32 Å². The quantitative estimate of drug-likeness (QED) is 0.432. The first-order valence-electron chi connectivity index (χ1n) is 10.4. The third-order valence-electron chi connectivity index (χ3n) is 5.26. The molecule has 0 radical (unpaired) electrons. The first-order chi connectivity index (χ1) is 14.9. The molecule has 0 aliphatic rings. The average Bonchev–Trinajstić information content (AvgIpc) is 3.21. The van der Waals surface area contributed by atoms with Gasteiger partial charge in [-0.15, -0.1) is 5.10 Å². The Kier molecular flexibility index (Phi) is 5.71. The number of anilines is 1. The van der Waals surface area contributed by atoms with E-state index in [1.165, 1.54) is 5.56 Å². The van der Waals surface area contributed by atoms with Crippen molar-refractivity contribution in [1.29, 1.82) is 0 Å². The van der Waals surface area contributed by atoms with Gasteiger partial charge in [-0.2, -0.15) is 0 Å². The van der Waals surface area contributed by atoms with Crippen LogP contribution in [0.3, 0.4) is 0 Å². The number of amides is 1. The summed E-state index contributed by atoms with van der Waals surface area (Å²) in [5.74, 6) is 0.289. The van der Waals surface area contributed by atoms with Crippen molar-refractivity contribution in [1.82, 2.24) is 10.2 Å². The molecule has 31 heavy (non-hydrogen) atoms. The highest BCUT2D eigenvalue weighted by Crippen LogP contribution is 2.27. The van der Waals surface area contributed by atoms with E-state index in [1.54, 1.807) is 12.1 Å². The highest BCUT2D eigenvalue weighted by molar-refractivity contribution is 6.07. The van der Waals surface area contributed by atoms with Crippen molar-refractivity contribution in [3.8, 4) is 5.75 Å². The standard InChI is InChI=1S/C25H25N3O3/c1-15(2)12-17-8-10-18(11-9-17)16(3)24-27-28-25(31-24)26-23(30)21-13-19-6-4-5-7-20(19)14-22(21)29/h4-11,13-16,29H,12H2,1-3H3,(H,26,28,30). The second-order valence-electron chi connectivity index (χ2n) is 8.18. The second-order valence-corrected chi connectivity index (χ2v) is 8.18. The first kappa shape index (κ1) is 20.6. The number of fused-ring (bicyclic) bond motifs is 1. The van der Waals surface area contributed by atoms with Crippen molar-refractivity contribution in [2.75, 3.05) is 5.32 Å². The molecule has 1 unspecified atom stereocenters. The summed E-state index contributed by atoms with van der Waals surface area (Å²) in [5.41, 5.74) is 2.49. The Morgan fingerprint density at radius 2 is 1.68 bits per heavy atom. The van der Waals surface area contributed by atoms with E-state index in [0.29, 0.717) is 11.8 Å². The van der Waals surface area contributed by atoms with Gasteiger partial charge in [0.25, 0.3) is 5.91 Å². The van der Waals surface area contributed by atoms with Gasteiger partial charge >= 0.3 is 6.01 Å². The molecular formula is C25H25N3O3. The zero-order valence-corrected chi connectivity index (χ0v) is 17.8. The van der Waals surface area contributed by atoms with Crippen LogP contribution in [0.2, 0.25) is 0 Å². The number of aromatic hydroxyl groups is 1. The number of hydrogen-bond acceptors (Lipinski definition) is 5. The Labute approximate surface area is 180 Å². The predicted octanol–water partition coefficient (Wildman–Crippen LogP) is 5.53. The van der Waals surface area contributed by atoms with Crippen molar-refractivity contribution in [3.05, 3.63) is 83.2 Å². The largest absolute Gasteiger partial charge is 0.507 e. The highest BCUT2D eigenvalue weighted by Gasteiger charge is 2.19. The molecule has 0 saturated carbocycles. The van der Waals surface area contributed by atoms with Gasteiger partial charge in [0.1, 0.15) is 5.75 Å². The van der Waals surface area contributed by atoms with Crippen LogP contribution in [0.1, 0.15) is 54.1 Å². The van der Waals surface area contributed by atoms with Crippen LogP contribution in [0.4, 0.5) is 6.01 Å². The van der Waals surface area contributed by atoms with Crippen molar-refractivity contribution < 1.29 is 14.3 Å². The molecule has 6 heteroatoms. The summed E-state index contributed by atoms with van der Waals surface area (Å²) < 4.78 is 5.68. The summed E-state index contributed by atoms with van der Waals surface area (Å²) in [6.45, 7) is 6.37. The van der Waals surface area contributed by atoms with Gasteiger partial charge in [0.05, 0.1) is 11.5 Å². The lowest BCUT2D eigenvalue weighted by Crippen LogP contribution is -2.12. The number of phenols is 1. The maximum atomic E-state index is 12.7. The van der Waals surface area contributed by atoms with Gasteiger partial charge in [0.2, 0.25) is 5.89 Å². The average molecular weight is 415 g/mol. The Morgan fingerprint density at radius 3 is 2.35 bits per heavy atom. The normalized spacial score (nSPS) is 12.3. The number of nitrogens with one attached hydrogen (secondary N) is 1. The van der Waals surface area contributed by atoms with Crippen molar-refractivity contribution in [2.45, 2.75) is 33.1 Å². The molecule has 1 heterocycles. The van der Waals surface area contributed by atoms with E-state index in [-0.39, 0.29) is 23.2 Å². The van der Waals surface area contributed by atoms with E-state index >= 15 is 0 Å². The number of carbonyl (C=O) groups excluding carboxylic acids is 1. The smallest absolute Gasteiger partial charge is 0.322 e. The van der Waals surface area contributed by atoms with Gasteiger partial charge in [-0.05, 0) is 53.3 Å². The van der Waals surface area contributed by atoms with E-state index < -0.39 is 5.91 Å². The molecule has 1 atom stereocenters. The first-order valence-corrected chi connectivity index (χ1v) is 10.4. The van der Waals surface area contributed by atoms with Crippen molar-refractivity contribution in [2.24, 2.45) is 5.92 Å². The Balaban J connectivity index is 1.48. The summed E-state index contributed by atoms with van der Waals surface area (Å²) in [4.78, 5) is 12.7. The Bertz CT molecular complexity index is 1210. The molecule has 6 nitrogen and oxygen atoms in total. The fourth-order valence-electron chi connectivity index (χ4n) is 3.59. The number of hydrogen-bond donors (Lipinski definition) is 2. The fraction of sp³-hybridized carbons (Fsp3) is 0.240. The number of rotatable bonds is 6. The molecule has 158 valence electrons. The summed E-state index contributed by atoms with van der Waals surface area (Å²) >= 11 is 0. The molecule has 2 N–H and O–H groups in total. The molecular weight excluding hydrogens is 390 g/mol. The summed E-state index contributed by atoms with van der Waals surface area (Å²) in [6, 6.07) is 19.1. The number of phenolic OH excluding ortho intramolecular Hbond substituents is 1. The van der Waals surface area contributed by atoms with E-state index in [1.807, 2.05) is 31.2 Å². The van der Waals surface area contributed by atoms with E-state index in [0.717, 1.165) is 22.8 Å². The van der Waals surface area contributed by atoms with Crippen LogP contribution in [0.15, 0.2) is 65.1 Å². The minimum Gasteiger partial charge on any atom is -0.507 e. The van der Waals surface area contributed by atoms with Gasteiger partial charge < -0.3 is 9.52 Å². The summed E-state index contributed by atoms with van der Waals surface area (Å²) in [6.07, 6.45) is 1.03. The molecule has 0 bridgehead atoms. The molecule has 3 aromatic carbocycles. The molecule has 1 aromatic heterocycles. The Morgan fingerprint density at radius 1 is 1.00 bits per heavy atom. The highest BCUT2D eigenvalue weighted by atomic mass is 16.4. The molecule has 0 aliphatic heterocycles. The topological polar surface area (TPSA) is 88.2 Å². The van der Waals surface area contributed by atoms with Gasteiger partial charge in [-0.25, -0.2) is 0 Å². The number of nitrogens with zero attached hydrogens (tertiary/aromatic N) is 2. The number of carbonyl (C=O) groups is 1. The molecule has 0 spiro atoms. The van der Waals surface area contributed by atoms with Gasteiger partial charge in [0.15, 0.2) is 0 Å². The number of aromatic nitrogens is 2. The molecule has 1 amide bonds. The van der Waals surface area contributed by atoms with E-state index in [9.17, 15) is 9.90 Å². The van der Waals surface area contributed by atoms with Crippen molar-refractivity contribution >= 4 is 22.7 Å². The second kappa shape index (κ2) is 8.60. The monoisotopic (exact) mass is 415 g/mol. The van der Waals surface area contributed by atoms with E-state index in [2.05, 4.69) is 53.6 Å². The summed E-state index contributed by atoms with van der Waals surface area (Å²) in [5, 5.41) is 22.6. The van der Waals surface area contributed by atoms with Crippen LogP contribution in [0, 0.1) is 5.92 Å². The zero-order chi connectivity index (χ0) is 22.0. The SMILES string of the molecule is CC(C)Cc1ccc(C(C)c2nnc(NC(=O)c3cc4ccccc4cc3O)o2)cc1. The third kappa shape index (κ3) is 4.58. The van der Waals surface area contributed by atoms with Crippen LogP contribution in [-0.2, 0) is 6.42 Å². The summed E-state index contributed by atoms with van der Waals surface area (Å²) in [7, 11) is 0. The Hall–Kier alpha value is -3.67. The lowest BCUT2D eigenvalue weighted by atomic mass is 9.97. The fourth-order valence-corrected chi connectivity index (χ4v) is 3.59. The molecule has 0 fully saturated rings. The predicted molar refractivity (Wildman–Crippen MR) is 120 cm³/mol. The van der Waals surface area contributed by atoms with Gasteiger partial charge in [-0.3, -0.25) is 10.1 Å². The maximum absolute atomic E-state index is 12.7. The molecule has 0 aliphatic carbocycles. The van der Waals surface area contributed by atoms with Gasteiger partial charge in [-0.1, -0.05) is 67.5 Å². The number of benzene rings is 3. The third-order valence-corrected chi connectivity index (χ3v) is 5.26. The minimum absolute atomic E-state index is 0.00386. The molecule has 4 rings (SSSR count). The zero-order valence-electron chi connectivity index (χ0n) is 17.8. The van der Waals surface area contributed by atoms with Crippen LogP contribution in [0.25, 0.3) is 10.8 Å². The van der Waals surface area contributed by atoms with E-state index in [4.69, 9.17) is 4.42 Å². The van der Waals surface area contributed by atoms with Gasteiger partial charge in [0, 0.05) is 0 Å². The molecule has 0 saturated heterocycles.